The van der Waals surface area contributed by atoms with E-state index in [-0.39, 0.29) is 11.5 Å². The Kier molecular flexibility index (Phi) is 7.43. The van der Waals surface area contributed by atoms with Crippen LogP contribution in [0.3, 0.4) is 0 Å². The van der Waals surface area contributed by atoms with E-state index in [4.69, 9.17) is 9.47 Å². The molecule has 1 aromatic carbocycles. The minimum Gasteiger partial charge on any atom is -0.468 e. The lowest BCUT2D eigenvalue weighted by Gasteiger charge is -2.30. The molecule has 0 unspecified atom stereocenters. The van der Waals surface area contributed by atoms with Crippen molar-refractivity contribution < 1.29 is 28.8 Å². The molecule has 28 heavy (non-hydrogen) atoms. The average Bonchev–Trinajstić information content (AvgIpc) is 2.71. The van der Waals surface area contributed by atoms with Gasteiger partial charge in [0.1, 0.15) is 5.78 Å². The third-order valence-electron chi connectivity index (χ3n) is 4.98. The lowest BCUT2D eigenvalue weighted by Crippen LogP contribution is -2.39. The molecule has 0 spiro atoms. The number of carbonyl (C=O) groups excluding carboxylic acids is 3. The molecule has 8 heteroatoms. The number of non-ortho nitro benzene ring substituents is 1. The molecule has 0 radical (unpaired) electrons. The minimum atomic E-state index is -1.25. The highest BCUT2D eigenvalue weighted by Gasteiger charge is 2.42. The topological polar surface area (TPSA) is 113 Å². The van der Waals surface area contributed by atoms with Crippen LogP contribution in [0.1, 0.15) is 31.2 Å². The number of ketones is 1. The Morgan fingerprint density at radius 1 is 1.14 bits per heavy atom. The molecule has 8 nitrogen and oxygen atoms in total. The van der Waals surface area contributed by atoms with Gasteiger partial charge in [0.2, 0.25) is 0 Å². The van der Waals surface area contributed by atoms with Crippen molar-refractivity contribution in [1.82, 2.24) is 0 Å². The summed E-state index contributed by atoms with van der Waals surface area (Å²) in [4.78, 5) is 47.3. The van der Waals surface area contributed by atoms with Crippen LogP contribution in [0.5, 0.6) is 0 Å². The first-order valence-electron chi connectivity index (χ1n) is 9.00. The van der Waals surface area contributed by atoms with Crippen LogP contribution in [-0.4, -0.2) is 36.9 Å². The normalized spacial score (nSPS) is 18.1. The van der Waals surface area contributed by atoms with Crippen molar-refractivity contribution in [3.63, 3.8) is 0 Å². The largest absolute Gasteiger partial charge is 0.468 e. The Bertz CT molecular complexity index is 753. The number of hydrogen-bond donors (Lipinski definition) is 0. The first-order valence-corrected chi connectivity index (χ1v) is 9.00. The number of rotatable bonds is 7. The van der Waals surface area contributed by atoms with Gasteiger partial charge in [0, 0.05) is 30.4 Å². The lowest BCUT2D eigenvalue weighted by molar-refractivity contribution is -0.384. The Hall–Kier alpha value is -3.03. The van der Waals surface area contributed by atoms with Gasteiger partial charge in [-0.05, 0) is 30.5 Å². The quantitative estimate of drug-likeness (QED) is 0.305. The fourth-order valence-corrected chi connectivity index (χ4v) is 3.49. The Balaban J connectivity index is 2.38. The Morgan fingerprint density at radius 3 is 2.25 bits per heavy atom. The molecule has 1 aliphatic rings. The van der Waals surface area contributed by atoms with Gasteiger partial charge in [0.25, 0.3) is 5.69 Å². The molecular weight excluding hydrogens is 366 g/mol. The molecule has 0 aromatic heterocycles. The molecule has 150 valence electrons. The van der Waals surface area contributed by atoms with E-state index in [0.717, 1.165) is 12.8 Å². The number of allylic oxidation sites excluding steroid dienone is 1. The van der Waals surface area contributed by atoms with Crippen LogP contribution in [0.4, 0.5) is 5.69 Å². The van der Waals surface area contributed by atoms with Gasteiger partial charge < -0.3 is 9.47 Å². The predicted octanol–water partition coefficient (Wildman–Crippen LogP) is 2.95. The molecule has 0 amide bonds. The summed E-state index contributed by atoms with van der Waals surface area (Å²) in [5.41, 5.74) is 0.602. The van der Waals surface area contributed by atoms with Gasteiger partial charge in [-0.3, -0.25) is 24.5 Å². The van der Waals surface area contributed by atoms with Crippen molar-refractivity contribution in [2.45, 2.75) is 25.7 Å². The fraction of sp³-hybridized carbons (Fsp3) is 0.450. The zero-order valence-electron chi connectivity index (χ0n) is 15.8. The van der Waals surface area contributed by atoms with Crippen LogP contribution in [0.15, 0.2) is 30.3 Å². The van der Waals surface area contributed by atoms with Crippen LogP contribution in [0.2, 0.25) is 0 Å². The molecule has 0 aliphatic heterocycles. The number of hydrogen-bond acceptors (Lipinski definition) is 7. The van der Waals surface area contributed by atoms with E-state index < -0.39 is 34.6 Å². The monoisotopic (exact) mass is 389 g/mol. The van der Waals surface area contributed by atoms with Crippen molar-refractivity contribution >= 4 is 29.5 Å². The molecule has 0 bridgehead atoms. The number of ether oxygens (including phenoxy) is 2. The summed E-state index contributed by atoms with van der Waals surface area (Å²) in [6, 6.07) is 5.83. The molecule has 0 N–H and O–H groups in total. The van der Waals surface area contributed by atoms with Crippen molar-refractivity contribution in [2.24, 2.45) is 17.8 Å². The summed E-state index contributed by atoms with van der Waals surface area (Å²) in [5.74, 6) is -3.99. The van der Waals surface area contributed by atoms with Crippen LogP contribution in [-0.2, 0) is 23.9 Å². The number of benzene rings is 1. The maximum atomic E-state index is 12.5. The highest BCUT2D eigenvalue weighted by Crippen LogP contribution is 2.34. The van der Waals surface area contributed by atoms with Crippen molar-refractivity contribution in [3.8, 4) is 0 Å². The van der Waals surface area contributed by atoms with Gasteiger partial charge in [-0.25, -0.2) is 0 Å². The van der Waals surface area contributed by atoms with E-state index in [9.17, 15) is 24.5 Å². The average molecular weight is 389 g/mol. The van der Waals surface area contributed by atoms with Crippen LogP contribution in [0.25, 0.3) is 6.08 Å². The van der Waals surface area contributed by atoms with E-state index >= 15 is 0 Å². The molecule has 0 heterocycles. The van der Waals surface area contributed by atoms with Gasteiger partial charge in [0.05, 0.1) is 19.1 Å². The Morgan fingerprint density at radius 2 is 1.75 bits per heavy atom. The molecule has 1 saturated carbocycles. The number of Topliss-reactive ketones (excluding diaryl/α,β-unsaturated/α-hetero) is 1. The number of nitro groups is 1. The number of methoxy groups -OCH3 is 2. The molecule has 0 saturated heterocycles. The molecular formula is C20H23NO7. The SMILES string of the molecule is COC(=O)C(C(=O)OC)[C@@H](/C=C/c1ccc([N+](=O)[O-])cc1)[C@@H]1CCCCC1=O. The fourth-order valence-electron chi connectivity index (χ4n) is 3.49. The maximum absolute atomic E-state index is 12.5. The highest BCUT2D eigenvalue weighted by molar-refractivity contribution is 5.96. The van der Waals surface area contributed by atoms with E-state index in [1.807, 2.05) is 0 Å². The minimum absolute atomic E-state index is 0.00223. The third kappa shape index (κ3) is 5.03. The van der Waals surface area contributed by atoms with E-state index in [2.05, 4.69) is 0 Å². The second-order valence-electron chi connectivity index (χ2n) is 6.63. The maximum Gasteiger partial charge on any atom is 0.320 e. The van der Waals surface area contributed by atoms with Gasteiger partial charge in [0.15, 0.2) is 5.92 Å². The van der Waals surface area contributed by atoms with Gasteiger partial charge >= 0.3 is 11.9 Å². The Labute approximate surface area is 162 Å². The molecule has 1 fully saturated rings. The van der Waals surface area contributed by atoms with E-state index in [0.29, 0.717) is 18.4 Å². The number of nitrogens with zero attached hydrogens (tertiary/aromatic N) is 1. The first kappa shape index (κ1) is 21.3. The summed E-state index contributed by atoms with van der Waals surface area (Å²) in [6.45, 7) is 0. The predicted molar refractivity (Wildman–Crippen MR) is 100 cm³/mol. The summed E-state index contributed by atoms with van der Waals surface area (Å²) in [7, 11) is 2.36. The number of carbonyl (C=O) groups is 3. The van der Waals surface area contributed by atoms with Crippen LogP contribution >= 0.6 is 0 Å². The van der Waals surface area contributed by atoms with Gasteiger partial charge in [-0.2, -0.15) is 0 Å². The zero-order valence-corrected chi connectivity index (χ0v) is 15.8. The molecule has 2 atom stereocenters. The van der Waals surface area contributed by atoms with Crippen molar-refractivity contribution in [2.75, 3.05) is 14.2 Å². The first-order chi connectivity index (χ1) is 13.4. The second kappa shape index (κ2) is 9.77. The van der Waals surface area contributed by atoms with Gasteiger partial charge in [-0.15, -0.1) is 0 Å². The van der Waals surface area contributed by atoms with Crippen LogP contribution < -0.4 is 0 Å². The summed E-state index contributed by atoms with van der Waals surface area (Å²) >= 11 is 0. The van der Waals surface area contributed by atoms with Gasteiger partial charge in [-0.1, -0.05) is 18.6 Å². The van der Waals surface area contributed by atoms with E-state index in [1.165, 1.54) is 26.4 Å². The highest BCUT2D eigenvalue weighted by atomic mass is 16.6. The molecule has 1 aromatic rings. The third-order valence-corrected chi connectivity index (χ3v) is 4.98. The van der Waals surface area contributed by atoms with Crippen molar-refractivity contribution in [1.29, 1.82) is 0 Å². The zero-order chi connectivity index (χ0) is 20.7. The smallest absolute Gasteiger partial charge is 0.320 e. The summed E-state index contributed by atoms with van der Waals surface area (Å²) in [5, 5.41) is 10.8. The standard InChI is InChI=1S/C20H23NO7/c1-27-19(23)18(20(24)28-2)16(15-5-3-4-6-17(15)22)12-9-13-7-10-14(11-8-13)21(25)26/h7-12,15-16,18H,3-6H2,1-2H3/b12-9+/t15-,16-/m0/s1. The van der Waals surface area contributed by atoms with E-state index in [1.54, 1.807) is 24.3 Å². The lowest BCUT2D eigenvalue weighted by atomic mass is 9.73. The number of nitro benzene ring substituents is 1. The number of esters is 2. The van der Waals surface area contributed by atoms with Crippen LogP contribution in [0, 0.1) is 27.9 Å². The molecule has 1 aliphatic carbocycles. The molecule has 2 rings (SSSR count). The summed E-state index contributed by atoms with van der Waals surface area (Å²) in [6.07, 6.45) is 5.87. The van der Waals surface area contributed by atoms with Crippen molar-refractivity contribution in [3.05, 3.63) is 46.0 Å². The second-order valence-corrected chi connectivity index (χ2v) is 6.63. The summed E-state index contributed by atoms with van der Waals surface area (Å²) < 4.78 is 9.55.